The summed E-state index contributed by atoms with van der Waals surface area (Å²) in [6, 6.07) is 11.6. The molecule has 0 saturated carbocycles. The van der Waals surface area contributed by atoms with Gasteiger partial charge in [-0.25, -0.2) is 4.98 Å². The monoisotopic (exact) mass is 358 g/mol. The Hall–Kier alpha value is -2.34. The second-order valence-electron chi connectivity index (χ2n) is 4.79. The van der Waals surface area contributed by atoms with Crippen LogP contribution in [0.3, 0.4) is 0 Å². The number of hydrogen-bond acceptors (Lipinski definition) is 5. The van der Waals surface area contributed by atoms with Gasteiger partial charge in [0.25, 0.3) is 0 Å². The van der Waals surface area contributed by atoms with Crippen LogP contribution < -0.4 is 10.6 Å². The number of nitrogens with one attached hydrogen (secondary N) is 2. The van der Waals surface area contributed by atoms with Gasteiger partial charge >= 0.3 is 0 Å². The zero-order valence-electron chi connectivity index (χ0n) is 12.0. The minimum Gasteiger partial charge on any atom is -0.467 e. The van der Waals surface area contributed by atoms with Crippen molar-refractivity contribution in [2.24, 2.45) is 0 Å². The Balaban J connectivity index is 1.69. The normalized spacial score (nSPS) is 10.5. The molecule has 6 heteroatoms. The van der Waals surface area contributed by atoms with Crippen molar-refractivity contribution >= 4 is 33.4 Å². The molecule has 0 saturated heterocycles. The lowest BCUT2D eigenvalue weighted by atomic mass is 10.2. The van der Waals surface area contributed by atoms with Crippen molar-refractivity contribution in [1.82, 2.24) is 9.97 Å². The van der Waals surface area contributed by atoms with E-state index in [1.807, 2.05) is 43.3 Å². The first-order valence-electron chi connectivity index (χ1n) is 6.83. The molecule has 0 spiro atoms. The predicted molar refractivity (Wildman–Crippen MR) is 90.2 cm³/mol. The lowest BCUT2D eigenvalue weighted by Gasteiger charge is -2.08. The lowest BCUT2D eigenvalue weighted by molar-refractivity contribution is 0.518. The highest BCUT2D eigenvalue weighted by Gasteiger charge is 2.03. The van der Waals surface area contributed by atoms with E-state index in [0.717, 1.165) is 21.7 Å². The molecule has 3 aromatic rings. The van der Waals surface area contributed by atoms with E-state index in [1.54, 1.807) is 12.5 Å². The Kier molecular flexibility index (Phi) is 4.39. The van der Waals surface area contributed by atoms with Crippen LogP contribution in [0.2, 0.25) is 0 Å². The van der Waals surface area contributed by atoms with E-state index in [-0.39, 0.29) is 0 Å². The molecule has 112 valence electrons. The summed E-state index contributed by atoms with van der Waals surface area (Å²) in [5.74, 6) is 2.14. The summed E-state index contributed by atoms with van der Waals surface area (Å²) < 4.78 is 6.32. The van der Waals surface area contributed by atoms with Crippen molar-refractivity contribution in [3.63, 3.8) is 0 Å². The fraction of sp³-hybridized carbons (Fsp3) is 0.125. The van der Waals surface area contributed by atoms with E-state index in [0.29, 0.717) is 12.5 Å². The maximum atomic E-state index is 5.28. The molecular formula is C16H15BrN4O. The van der Waals surface area contributed by atoms with E-state index >= 15 is 0 Å². The van der Waals surface area contributed by atoms with Gasteiger partial charge in [0.2, 0.25) is 5.95 Å². The van der Waals surface area contributed by atoms with Crippen molar-refractivity contribution in [2.45, 2.75) is 13.5 Å². The first-order valence-corrected chi connectivity index (χ1v) is 7.62. The van der Waals surface area contributed by atoms with Gasteiger partial charge in [-0.1, -0.05) is 22.0 Å². The van der Waals surface area contributed by atoms with Crippen LogP contribution in [0, 0.1) is 6.92 Å². The third kappa shape index (κ3) is 3.65. The Bertz CT molecular complexity index is 759. The van der Waals surface area contributed by atoms with Crippen LogP contribution in [0.4, 0.5) is 17.5 Å². The predicted octanol–water partition coefficient (Wildman–Crippen LogP) is 4.50. The smallest absolute Gasteiger partial charge is 0.229 e. The van der Waals surface area contributed by atoms with Crippen LogP contribution in [0.5, 0.6) is 0 Å². The van der Waals surface area contributed by atoms with Crippen LogP contribution in [0.25, 0.3) is 0 Å². The first-order chi connectivity index (χ1) is 10.7. The molecule has 0 amide bonds. The Labute approximate surface area is 136 Å². The van der Waals surface area contributed by atoms with Gasteiger partial charge < -0.3 is 15.1 Å². The van der Waals surface area contributed by atoms with Crippen molar-refractivity contribution < 1.29 is 4.42 Å². The first kappa shape index (κ1) is 14.6. The van der Waals surface area contributed by atoms with Gasteiger partial charge in [-0.3, -0.25) is 0 Å². The topological polar surface area (TPSA) is 63.0 Å². The lowest BCUT2D eigenvalue weighted by Crippen LogP contribution is -2.03. The van der Waals surface area contributed by atoms with E-state index in [2.05, 4.69) is 36.5 Å². The molecule has 0 radical (unpaired) electrons. The number of rotatable bonds is 5. The Morgan fingerprint density at radius 3 is 2.91 bits per heavy atom. The number of anilines is 3. The van der Waals surface area contributed by atoms with Crippen LogP contribution >= 0.6 is 15.9 Å². The average molecular weight is 359 g/mol. The molecular weight excluding hydrogens is 344 g/mol. The Morgan fingerprint density at radius 1 is 1.23 bits per heavy atom. The molecule has 2 heterocycles. The van der Waals surface area contributed by atoms with Crippen molar-refractivity contribution in [1.29, 1.82) is 0 Å². The number of nitrogens with zero attached hydrogens (tertiary/aromatic N) is 2. The summed E-state index contributed by atoms with van der Waals surface area (Å²) >= 11 is 3.52. The van der Waals surface area contributed by atoms with Crippen LogP contribution in [0.1, 0.15) is 11.3 Å². The van der Waals surface area contributed by atoms with Gasteiger partial charge in [0.15, 0.2) is 0 Å². The van der Waals surface area contributed by atoms with Gasteiger partial charge in [-0.15, -0.1) is 0 Å². The van der Waals surface area contributed by atoms with Crippen molar-refractivity contribution in [2.75, 3.05) is 10.6 Å². The van der Waals surface area contributed by atoms with Gasteiger partial charge in [-0.2, -0.15) is 4.98 Å². The number of aryl methyl sites for hydroxylation is 1. The molecule has 2 aromatic heterocycles. The number of aromatic nitrogens is 2. The second-order valence-corrected chi connectivity index (χ2v) is 5.64. The molecule has 0 atom stereocenters. The Morgan fingerprint density at radius 2 is 2.14 bits per heavy atom. The molecule has 0 bridgehead atoms. The standard InChI is InChI=1S/C16H15BrN4O/c1-11-4-5-12(9-14(11)17)20-16-18-7-6-15(21-16)19-10-13-3-2-8-22-13/h2-9H,10H2,1H3,(H2,18,19,20,21). The van der Waals surface area contributed by atoms with Gasteiger partial charge in [-0.05, 0) is 42.8 Å². The summed E-state index contributed by atoms with van der Waals surface area (Å²) in [6.07, 6.45) is 3.36. The van der Waals surface area contributed by atoms with Crippen LogP contribution in [-0.4, -0.2) is 9.97 Å². The fourth-order valence-electron chi connectivity index (χ4n) is 1.91. The maximum Gasteiger partial charge on any atom is 0.229 e. The molecule has 22 heavy (non-hydrogen) atoms. The molecule has 0 unspecified atom stereocenters. The van der Waals surface area contributed by atoms with E-state index in [4.69, 9.17) is 4.42 Å². The highest BCUT2D eigenvalue weighted by atomic mass is 79.9. The molecule has 0 fully saturated rings. The zero-order valence-corrected chi connectivity index (χ0v) is 13.6. The maximum absolute atomic E-state index is 5.28. The third-order valence-electron chi connectivity index (χ3n) is 3.11. The van der Waals surface area contributed by atoms with Crippen LogP contribution in [0.15, 0.2) is 57.7 Å². The van der Waals surface area contributed by atoms with Crippen LogP contribution in [-0.2, 0) is 6.54 Å². The molecule has 0 aliphatic carbocycles. The summed E-state index contributed by atoms with van der Waals surface area (Å²) in [4.78, 5) is 8.66. The fourth-order valence-corrected chi connectivity index (χ4v) is 2.29. The van der Waals surface area contributed by atoms with Crippen molar-refractivity contribution in [3.05, 3.63) is 64.7 Å². The quantitative estimate of drug-likeness (QED) is 0.703. The summed E-state index contributed by atoms with van der Waals surface area (Å²) in [6.45, 7) is 2.63. The van der Waals surface area contributed by atoms with Crippen molar-refractivity contribution in [3.8, 4) is 0 Å². The highest BCUT2D eigenvalue weighted by Crippen LogP contribution is 2.22. The van der Waals surface area contributed by atoms with Gasteiger partial charge in [0.05, 0.1) is 12.8 Å². The summed E-state index contributed by atoms with van der Waals surface area (Å²) in [5.41, 5.74) is 2.11. The number of benzene rings is 1. The molecule has 0 aliphatic heterocycles. The average Bonchev–Trinajstić information content (AvgIpc) is 3.03. The largest absolute Gasteiger partial charge is 0.467 e. The SMILES string of the molecule is Cc1ccc(Nc2nccc(NCc3ccco3)n2)cc1Br. The number of hydrogen-bond donors (Lipinski definition) is 2. The molecule has 5 nitrogen and oxygen atoms in total. The van der Waals surface area contributed by atoms with E-state index in [1.165, 1.54) is 5.56 Å². The third-order valence-corrected chi connectivity index (χ3v) is 3.96. The number of furan rings is 1. The summed E-state index contributed by atoms with van der Waals surface area (Å²) in [5, 5.41) is 6.39. The highest BCUT2D eigenvalue weighted by molar-refractivity contribution is 9.10. The zero-order chi connectivity index (χ0) is 15.4. The number of halogens is 1. The molecule has 2 N–H and O–H groups in total. The minimum atomic E-state index is 0.542. The summed E-state index contributed by atoms with van der Waals surface area (Å²) in [7, 11) is 0. The molecule has 1 aromatic carbocycles. The van der Waals surface area contributed by atoms with Gasteiger partial charge in [0, 0.05) is 16.4 Å². The molecule has 0 aliphatic rings. The van der Waals surface area contributed by atoms with E-state index < -0.39 is 0 Å². The second kappa shape index (κ2) is 6.62. The minimum absolute atomic E-state index is 0.542. The van der Waals surface area contributed by atoms with E-state index in [9.17, 15) is 0 Å². The molecule has 3 rings (SSSR count). The van der Waals surface area contributed by atoms with Gasteiger partial charge in [0.1, 0.15) is 11.6 Å².